The van der Waals surface area contributed by atoms with Crippen molar-refractivity contribution in [3.8, 4) is 0 Å². The van der Waals surface area contributed by atoms with Gasteiger partial charge in [-0.2, -0.15) is 0 Å². The average molecular weight is 322 g/mol. The van der Waals surface area contributed by atoms with E-state index in [2.05, 4.69) is 46.3 Å². The largest absolute Gasteiger partial charge is 0.417 e. The maximum Gasteiger partial charge on any atom is 0.417 e. The molecule has 1 unspecified atom stereocenters. The molecule has 1 aromatic heterocycles. The van der Waals surface area contributed by atoms with Crippen LogP contribution < -0.4 is 5.76 Å². The van der Waals surface area contributed by atoms with Gasteiger partial charge in [-0.15, -0.1) is 0 Å². The molecule has 2 heterocycles. The Morgan fingerprint density at radius 2 is 2.00 bits per heavy atom. The molecular formula is C20H22N2O2. The fraction of sp³-hybridized carbons (Fsp3) is 0.350. The average Bonchev–Trinajstić information content (AvgIpc) is 3.01. The molecule has 0 aliphatic carbocycles. The fourth-order valence-corrected chi connectivity index (χ4v) is 3.76. The molecule has 4 nitrogen and oxygen atoms in total. The second-order valence-electron chi connectivity index (χ2n) is 6.61. The van der Waals surface area contributed by atoms with Gasteiger partial charge in [0.15, 0.2) is 5.58 Å². The van der Waals surface area contributed by atoms with Crippen LogP contribution in [0.25, 0.3) is 11.1 Å². The van der Waals surface area contributed by atoms with E-state index in [4.69, 9.17) is 4.42 Å². The number of piperidine rings is 1. The minimum absolute atomic E-state index is 0.366. The Morgan fingerprint density at radius 3 is 2.88 bits per heavy atom. The zero-order chi connectivity index (χ0) is 16.4. The van der Waals surface area contributed by atoms with E-state index in [9.17, 15) is 4.79 Å². The predicted octanol–water partition coefficient (Wildman–Crippen LogP) is 3.54. The Labute approximate surface area is 141 Å². The molecule has 1 saturated heterocycles. The van der Waals surface area contributed by atoms with Gasteiger partial charge in [-0.1, -0.05) is 42.5 Å². The Balaban J connectivity index is 1.49. The molecule has 1 aliphatic rings. The van der Waals surface area contributed by atoms with E-state index in [1.165, 1.54) is 12.0 Å². The van der Waals surface area contributed by atoms with E-state index in [0.717, 1.165) is 49.1 Å². The summed E-state index contributed by atoms with van der Waals surface area (Å²) < 4.78 is 5.39. The van der Waals surface area contributed by atoms with E-state index in [1.54, 1.807) is 0 Å². The summed E-state index contributed by atoms with van der Waals surface area (Å²) >= 11 is 0. The Morgan fingerprint density at radius 1 is 1.12 bits per heavy atom. The zero-order valence-electron chi connectivity index (χ0n) is 13.7. The Hall–Kier alpha value is -2.33. The van der Waals surface area contributed by atoms with E-state index in [1.807, 2.05) is 12.1 Å². The molecule has 24 heavy (non-hydrogen) atoms. The lowest BCUT2D eigenvalue weighted by atomic mass is 9.90. The molecule has 1 N–H and O–H groups in total. The molecule has 0 bridgehead atoms. The van der Waals surface area contributed by atoms with Crippen molar-refractivity contribution in [2.45, 2.75) is 25.2 Å². The molecule has 4 heteroatoms. The number of hydrogen-bond acceptors (Lipinski definition) is 3. The van der Waals surface area contributed by atoms with Crippen LogP contribution in [-0.2, 0) is 6.42 Å². The molecular weight excluding hydrogens is 300 g/mol. The first kappa shape index (κ1) is 15.2. The maximum absolute atomic E-state index is 11.5. The van der Waals surface area contributed by atoms with Crippen molar-refractivity contribution in [3.63, 3.8) is 0 Å². The number of aromatic nitrogens is 1. The molecule has 0 radical (unpaired) electrons. The first-order valence-electron chi connectivity index (χ1n) is 8.67. The minimum Gasteiger partial charge on any atom is -0.408 e. The monoisotopic (exact) mass is 322 g/mol. The highest BCUT2D eigenvalue weighted by molar-refractivity contribution is 5.76. The smallest absolute Gasteiger partial charge is 0.408 e. The molecule has 3 aromatic rings. The highest BCUT2D eigenvalue weighted by atomic mass is 16.4. The number of oxazole rings is 1. The van der Waals surface area contributed by atoms with Gasteiger partial charge in [-0.05, 0) is 37.4 Å². The molecule has 0 spiro atoms. The third-order valence-corrected chi connectivity index (χ3v) is 4.98. The molecule has 1 aliphatic heterocycles. The summed E-state index contributed by atoms with van der Waals surface area (Å²) in [5.41, 5.74) is 4.09. The molecule has 2 aromatic carbocycles. The lowest BCUT2D eigenvalue weighted by molar-refractivity contribution is 0.210. The number of para-hydroxylation sites is 1. The number of benzene rings is 2. The molecule has 0 amide bonds. The number of nitrogens with zero attached hydrogens (tertiary/aromatic N) is 1. The molecule has 1 fully saturated rings. The van der Waals surface area contributed by atoms with Gasteiger partial charge < -0.3 is 9.32 Å². The summed E-state index contributed by atoms with van der Waals surface area (Å²) in [5.74, 6) is 0.0615. The summed E-state index contributed by atoms with van der Waals surface area (Å²) in [6.45, 7) is 3.25. The number of hydrogen-bond donors (Lipinski definition) is 1. The summed E-state index contributed by atoms with van der Waals surface area (Å²) in [6, 6.07) is 16.7. The van der Waals surface area contributed by atoms with Gasteiger partial charge in [0.05, 0.1) is 5.52 Å². The summed E-state index contributed by atoms with van der Waals surface area (Å²) in [6.07, 6.45) is 3.41. The normalized spacial score (nSPS) is 18.9. The van der Waals surface area contributed by atoms with Gasteiger partial charge in [0.1, 0.15) is 0 Å². The van der Waals surface area contributed by atoms with Gasteiger partial charge in [0.2, 0.25) is 0 Å². The number of nitrogens with one attached hydrogen (secondary N) is 1. The first-order chi connectivity index (χ1) is 11.8. The molecule has 4 rings (SSSR count). The number of likely N-dealkylation sites (tertiary alicyclic amines) is 1. The number of fused-ring (bicyclic) bond motifs is 1. The molecule has 1 atom stereocenters. The van der Waals surface area contributed by atoms with E-state index in [-0.39, 0.29) is 5.76 Å². The standard InChI is InChI=1S/C20H22N2O2/c23-20-21-18-10-4-9-17(19(18)24-20)16-8-5-12-22(14-16)13-11-15-6-2-1-3-7-15/h1-4,6-7,9-10,16H,5,8,11-14H2,(H,21,23). The first-order valence-corrected chi connectivity index (χ1v) is 8.67. The van der Waals surface area contributed by atoms with Crippen molar-refractivity contribution in [2.24, 2.45) is 0 Å². The van der Waals surface area contributed by atoms with Gasteiger partial charge in [0, 0.05) is 24.6 Å². The SMILES string of the molecule is O=c1[nH]c2cccc(C3CCCN(CCc4ccccc4)C3)c2o1. The van der Waals surface area contributed by atoms with E-state index in [0.29, 0.717) is 5.92 Å². The highest BCUT2D eigenvalue weighted by Crippen LogP contribution is 2.31. The van der Waals surface area contributed by atoms with Crippen molar-refractivity contribution in [3.05, 3.63) is 70.2 Å². The summed E-state index contributed by atoms with van der Waals surface area (Å²) in [5, 5.41) is 0. The molecule has 0 saturated carbocycles. The van der Waals surface area contributed by atoms with Crippen LogP contribution in [0.1, 0.15) is 29.9 Å². The summed E-state index contributed by atoms with van der Waals surface area (Å²) in [4.78, 5) is 16.8. The third-order valence-electron chi connectivity index (χ3n) is 4.98. The van der Waals surface area contributed by atoms with Gasteiger partial charge in [-0.3, -0.25) is 4.98 Å². The lowest BCUT2D eigenvalue weighted by Crippen LogP contribution is -2.35. The van der Waals surface area contributed by atoms with Crippen LogP contribution in [0.5, 0.6) is 0 Å². The lowest BCUT2D eigenvalue weighted by Gasteiger charge is -2.33. The van der Waals surface area contributed by atoms with E-state index < -0.39 is 0 Å². The van der Waals surface area contributed by atoms with Crippen LogP contribution in [0.2, 0.25) is 0 Å². The van der Waals surface area contributed by atoms with Crippen LogP contribution >= 0.6 is 0 Å². The van der Waals surface area contributed by atoms with Gasteiger partial charge in [-0.25, -0.2) is 4.79 Å². The second-order valence-corrected chi connectivity index (χ2v) is 6.61. The van der Waals surface area contributed by atoms with Crippen LogP contribution in [0.3, 0.4) is 0 Å². The van der Waals surface area contributed by atoms with Crippen LogP contribution in [0.4, 0.5) is 0 Å². The highest BCUT2D eigenvalue weighted by Gasteiger charge is 2.24. The number of H-pyrrole nitrogens is 1. The van der Waals surface area contributed by atoms with Crippen molar-refractivity contribution < 1.29 is 4.42 Å². The Bertz CT molecular complexity index is 866. The van der Waals surface area contributed by atoms with Crippen LogP contribution in [0.15, 0.2) is 57.7 Å². The number of aromatic amines is 1. The number of rotatable bonds is 4. The molecule has 124 valence electrons. The van der Waals surface area contributed by atoms with Gasteiger partial charge >= 0.3 is 5.76 Å². The minimum atomic E-state index is -0.366. The van der Waals surface area contributed by atoms with Crippen molar-refractivity contribution in [2.75, 3.05) is 19.6 Å². The third kappa shape index (κ3) is 3.15. The Kier molecular flexibility index (Phi) is 4.22. The quantitative estimate of drug-likeness (QED) is 0.799. The summed E-state index contributed by atoms with van der Waals surface area (Å²) in [7, 11) is 0. The topological polar surface area (TPSA) is 49.2 Å². The van der Waals surface area contributed by atoms with Crippen LogP contribution in [-0.4, -0.2) is 29.5 Å². The van der Waals surface area contributed by atoms with E-state index >= 15 is 0 Å². The fourth-order valence-electron chi connectivity index (χ4n) is 3.76. The van der Waals surface area contributed by atoms with Crippen molar-refractivity contribution in [1.82, 2.24) is 9.88 Å². The maximum atomic E-state index is 11.5. The van der Waals surface area contributed by atoms with Gasteiger partial charge in [0.25, 0.3) is 0 Å². The predicted molar refractivity (Wildman–Crippen MR) is 95.4 cm³/mol. The van der Waals surface area contributed by atoms with Crippen molar-refractivity contribution in [1.29, 1.82) is 0 Å². The zero-order valence-corrected chi connectivity index (χ0v) is 13.7. The van der Waals surface area contributed by atoms with Crippen LogP contribution in [0, 0.1) is 0 Å². The second kappa shape index (κ2) is 6.65. The van der Waals surface area contributed by atoms with Crippen molar-refractivity contribution >= 4 is 11.1 Å².